The predicted molar refractivity (Wildman–Crippen MR) is 75.7 cm³/mol. The second-order valence-corrected chi connectivity index (χ2v) is 5.79. The van der Waals surface area contributed by atoms with Crippen molar-refractivity contribution < 1.29 is 9.59 Å². The SMILES string of the molecule is Cl.NC(=O)C1CCC(NC(=O)C2(N)CCCC2)CC1. The van der Waals surface area contributed by atoms with Crippen molar-refractivity contribution in [3.63, 3.8) is 0 Å². The summed E-state index contributed by atoms with van der Waals surface area (Å²) in [6.45, 7) is 0. The van der Waals surface area contributed by atoms with Crippen molar-refractivity contribution in [2.75, 3.05) is 0 Å². The summed E-state index contributed by atoms with van der Waals surface area (Å²) in [4.78, 5) is 23.2. The highest BCUT2D eigenvalue weighted by molar-refractivity contribution is 5.86. The minimum Gasteiger partial charge on any atom is -0.369 e. The van der Waals surface area contributed by atoms with Gasteiger partial charge in [-0.25, -0.2) is 0 Å². The highest BCUT2D eigenvalue weighted by Gasteiger charge is 2.38. The summed E-state index contributed by atoms with van der Waals surface area (Å²) in [5, 5.41) is 3.04. The van der Waals surface area contributed by atoms with E-state index in [1.54, 1.807) is 0 Å². The topological polar surface area (TPSA) is 98.2 Å². The minimum atomic E-state index is -0.652. The van der Waals surface area contributed by atoms with E-state index in [0.717, 1.165) is 51.4 Å². The fourth-order valence-corrected chi connectivity index (χ4v) is 3.08. The third kappa shape index (κ3) is 3.83. The van der Waals surface area contributed by atoms with E-state index in [4.69, 9.17) is 11.5 Å². The van der Waals surface area contributed by atoms with Gasteiger partial charge in [-0.3, -0.25) is 9.59 Å². The third-order valence-electron chi connectivity index (χ3n) is 4.41. The molecule has 5 N–H and O–H groups in total. The van der Waals surface area contributed by atoms with E-state index < -0.39 is 5.54 Å². The smallest absolute Gasteiger partial charge is 0.240 e. The molecule has 0 radical (unpaired) electrons. The Morgan fingerprint density at radius 1 is 1.05 bits per heavy atom. The van der Waals surface area contributed by atoms with Gasteiger partial charge in [0.15, 0.2) is 0 Å². The van der Waals surface area contributed by atoms with Crippen LogP contribution in [0.15, 0.2) is 0 Å². The Balaban J connectivity index is 0.00000180. The maximum absolute atomic E-state index is 12.1. The lowest BCUT2D eigenvalue weighted by Gasteiger charge is -2.31. The van der Waals surface area contributed by atoms with Crippen molar-refractivity contribution in [2.24, 2.45) is 17.4 Å². The molecule has 0 spiro atoms. The van der Waals surface area contributed by atoms with Gasteiger partial charge in [-0.2, -0.15) is 0 Å². The number of halogens is 1. The molecule has 5 nitrogen and oxygen atoms in total. The quantitative estimate of drug-likeness (QED) is 0.718. The highest BCUT2D eigenvalue weighted by Crippen LogP contribution is 2.29. The number of hydrogen-bond acceptors (Lipinski definition) is 3. The zero-order valence-electron chi connectivity index (χ0n) is 11.2. The van der Waals surface area contributed by atoms with Crippen LogP contribution in [0.1, 0.15) is 51.4 Å². The molecule has 0 saturated heterocycles. The first kappa shape index (κ1) is 16.2. The first-order valence-electron chi connectivity index (χ1n) is 6.90. The lowest BCUT2D eigenvalue weighted by atomic mass is 9.85. The van der Waals surface area contributed by atoms with Crippen molar-refractivity contribution in [1.82, 2.24) is 5.32 Å². The first-order chi connectivity index (χ1) is 8.51. The summed E-state index contributed by atoms with van der Waals surface area (Å²) < 4.78 is 0. The molecule has 2 saturated carbocycles. The second-order valence-electron chi connectivity index (χ2n) is 5.79. The van der Waals surface area contributed by atoms with Gasteiger partial charge in [0.25, 0.3) is 0 Å². The summed E-state index contributed by atoms with van der Waals surface area (Å²) >= 11 is 0. The average Bonchev–Trinajstić information content (AvgIpc) is 2.78. The van der Waals surface area contributed by atoms with E-state index in [-0.39, 0.29) is 36.2 Å². The van der Waals surface area contributed by atoms with Crippen LogP contribution in [0.2, 0.25) is 0 Å². The number of carbonyl (C=O) groups excluding carboxylic acids is 2. The standard InChI is InChI=1S/C13H23N3O2.ClH/c14-11(17)9-3-5-10(6-4-9)16-12(18)13(15)7-1-2-8-13;/h9-10H,1-8,15H2,(H2,14,17)(H,16,18);1H. The van der Waals surface area contributed by atoms with Crippen LogP contribution in [0.25, 0.3) is 0 Å². The monoisotopic (exact) mass is 289 g/mol. The Morgan fingerprint density at radius 3 is 2.05 bits per heavy atom. The maximum atomic E-state index is 12.1. The number of nitrogens with one attached hydrogen (secondary N) is 1. The van der Waals surface area contributed by atoms with E-state index in [1.807, 2.05) is 0 Å². The molecule has 0 aromatic heterocycles. The molecule has 0 bridgehead atoms. The van der Waals surface area contributed by atoms with Crippen molar-refractivity contribution in [2.45, 2.75) is 62.9 Å². The summed E-state index contributed by atoms with van der Waals surface area (Å²) in [6.07, 6.45) is 6.86. The molecule has 2 aliphatic rings. The average molecular weight is 290 g/mol. The van der Waals surface area contributed by atoms with Crippen LogP contribution in [0.4, 0.5) is 0 Å². The molecule has 6 heteroatoms. The van der Waals surface area contributed by atoms with E-state index in [2.05, 4.69) is 5.32 Å². The Morgan fingerprint density at radius 2 is 1.58 bits per heavy atom. The number of primary amides is 1. The lowest BCUT2D eigenvalue weighted by Crippen LogP contribution is -2.55. The molecule has 0 atom stereocenters. The van der Waals surface area contributed by atoms with E-state index >= 15 is 0 Å². The zero-order valence-corrected chi connectivity index (χ0v) is 12.0. The molecule has 0 aliphatic heterocycles. The first-order valence-corrected chi connectivity index (χ1v) is 6.90. The van der Waals surface area contributed by atoms with Crippen LogP contribution in [-0.2, 0) is 9.59 Å². The van der Waals surface area contributed by atoms with Crippen LogP contribution < -0.4 is 16.8 Å². The number of carbonyl (C=O) groups is 2. The highest BCUT2D eigenvalue weighted by atomic mass is 35.5. The molecule has 0 unspecified atom stereocenters. The van der Waals surface area contributed by atoms with Crippen molar-refractivity contribution in [1.29, 1.82) is 0 Å². The van der Waals surface area contributed by atoms with Gasteiger partial charge < -0.3 is 16.8 Å². The van der Waals surface area contributed by atoms with Gasteiger partial charge in [0.1, 0.15) is 0 Å². The van der Waals surface area contributed by atoms with E-state index in [0.29, 0.717) is 0 Å². The molecule has 110 valence electrons. The zero-order chi connectivity index (χ0) is 13.2. The fraction of sp³-hybridized carbons (Fsp3) is 0.846. The number of amides is 2. The second kappa shape index (κ2) is 6.57. The van der Waals surface area contributed by atoms with Gasteiger partial charge in [-0.1, -0.05) is 12.8 Å². The van der Waals surface area contributed by atoms with Gasteiger partial charge in [-0.15, -0.1) is 12.4 Å². The Kier molecular flexibility index (Phi) is 5.62. The summed E-state index contributed by atoms with van der Waals surface area (Å²) in [5.74, 6) is -0.246. The summed E-state index contributed by atoms with van der Waals surface area (Å²) in [5.41, 5.74) is 10.7. The van der Waals surface area contributed by atoms with Crippen LogP contribution >= 0.6 is 12.4 Å². The molecule has 2 amide bonds. The molecule has 19 heavy (non-hydrogen) atoms. The fourth-order valence-electron chi connectivity index (χ4n) is 3.08. The summed E-state index contributed by atoms with van der Waals surface area (Å²) in [6, 6.07) is 0.161. The number of nitrogens with two attached hydrogens (primary N) is 2. The third-order valence-corrected chi connectivity index (χ3v) is 4.41. The van der Waals surface area contributed by atoms with Gasteiger partial charge in [0, 0.05) is 12.0 Å². The van der Waals surface area contributed by atoms with E-state index in [1.165, 1.54) is 0 Å². The Bertz CT molecular complexity index is 335. The van der Waals surface area contributed by atoms with Crippen molar-refractivity contribution >= 4 is 24.2 Å². The molecule has 2 aliphatic carbocycles. The number of hydrogen-bond donors (Lipinski definition) is 3. The largest absolute Gasteiger partial charge is 0.369 e. The van der Waals surface area contributed by atoms with Crippen molar-refractivity contribution in [3.8, 4) is 0 Å². The molecule has 0 heterocycles. The number of rotatable bonds is 3. The van der Waals surface area contributed by atoms with Gasteiger partial charge in [0.2, 0.25) is 11.8 Å². The van der Waals surface area contributed by atoms with Gasteiger partial charge in [0.05, 0.1) is 5.54 Å². The molecule has 0 aromatic carbocycles. The van der Waals surface area contributed by atoms with Crippen molar-refractivity contribution in [3.05, 3.63) is 0 Å². The summed E-state index contributed by atoms with van der Waals surface area (Å²) in [7, 11) is 0. The van der Waals surface area contributed by atoms with Crippen LogP contribution in [0.3, 0.4) is 0 Å². The minimum absolute atomic E-state index is 0. The molecular formula is C13H24ClN3O2. The molecule has 2 rings (SSSR count). The van der Waals surface area contributed by atoms with Crippen LogP contribution in [0.5, 0.6) is 0 Å². The molecule has 2 fully saturated rings. The Hall–Kier alpha value is -0.810. The molecule has 0 aromatic rings. The molecular weight excluding hydrogens is 266 g/mol. The van der Waals surface area contributed by atoms with Gasteiger partial charge >= 0.3 is 0 Å². The van der Waals surface area contributed by atoms with Gasteiger partial charge in [-0.05, 0) is 38.5 Å². The Labute approximate surface area is 120 Å². The lowest BCUT2D eigenvalue weighted by molar-refractivity contribution is -0.127. The predicted octanol–water partition coefficient (Wildman–Crippen LogP) is 0.840. The van der Waals surface area contributed by atoms with E-state index in [9.17, 15) is 9.59 Å². The maximum Gasteiger partial charge on any atom is 0.240 e. The van der Waals surface area contributed by atoms with Crippen LogP contribution in [-0.4, -0.2) is 23.4 Å². The normalized spacial score (nSPS) is 29.3. The van der Waals surface area contributed by atoms with Crippen LogP contribution in [0, 0.1) is 5.92 Å².